The predicted molar refractivity (Wildman–Crippen MR) is 83.9 cm³/mol. The van der Waals surface area contributed by atoms with Gasteiger partial charge in [0.2, 0.25) is 12.5 Å². The van der Waals surface area contributed by atoms with Gasteiger partial charge in [-0.1, -0.05) is 12.1 Å². The largest absolute Gasteiger partial charge is 0.492 e. The van der Waals surface area contributed by atoms with Crippen molar-refractivity contribution in [3.63, 3.8) is 0 Å². The fourth-order valence-corrected chi connectivity index (χ4v) is 3.27. The van der Waals surface area contributed by atoms with Gasteiger partial charge in [-0.15, -0.1) is 0 Å². The zero-order valence-corrected chi connectivity index (χ0v) is 14.5. The molecule has 3 rings (SSSR count). The van der Waals surface area contributed by atoms with Crippen LogP contribution in [0.3, 0.4) is 0 Å². The molecule has 0 amide bonds. The van der Waals surface area contributed by atoms with Crippen LogP contribution in [-0.4, -0.2) is 32.2 Å². The Bertz CT molecular complexity index is 674. The highest BCUT2D eigenvalue weighted by molar-refractivity contribution is 9.10. The van der Waals surface area contributed by atoms with Crippen LogP contribution in [-0.2, 0) is 14.4 Å². The van der Waals surface area contributed by atoms with E-state index in [2.05, 4.69) is 21.1 Å². The quantitative estimate of drug-likeness (QED) is 0.741. The maximum Gasteiger partial charge on any atom is 0.356 e. The molecule has 0 spiro atoms. The first-order valence-electron chi connectivity index (χ1n) is 7.15. The van der Waals surface area contributed by atoms with Crippen LogP contribution in [0.5, 0.6) is 17.2 Å². The molecule has 2 heterocycles. The molecule has 8 heteroatoms. The summed E-state index contributed by atoms with van der Waals surface area (Å²) in [7, 11) is 1.55. The fraction of sp³-hybridized carbons (Fsp3) is 0.467. The van der Waals surface area contributed by atoms with Crippen molar-refractivity contribution in [2.75, 3.05) is 20.5 Å². The van der Waals surface area contributed by atoms with Crippen LogP contribution in [0.25, 0.3) is 0 Å². The Hall–Kier alpha value is -1.96. The van der Waals surface area contributed by atoms with E-state index >= 15 is 0 Å². The lowest BCUT2D eigenvalue weighted by Crippen LogP contribution is -2.24. The maximum absolute atomic E-state index is 11.9. The average Bonchev–Trinajstić information content (AvgIpc) is 3.13. The van der Waals surface area contributed by atoms with Gasteiger partial charge in [0.05, 0.1) is 24.1 Å². The predicted octanol–water partition coefficient (Wildman–Crippen LogP) is 2.81. The molecule has 23 heavy (non-hydrogen) atoms. The third-order valence-electron chi connectivity index (χ3n) is 3.73. The van der Waals surface area contributed by atoms with Crippen LogP contribution >= 0.6 is 15.9 Å². The Labute approximate surface area is 141 Å². The van der Waals surface area contributed by atoms with Gasteiger partial charge >= 0.3 is 5.97 Å². The van der Waals surface area contributed by atoms with Crippen molar-refractivity contribution >= 4 is 27.6 Å². The molecule has 0 aromatic heterocycles. The molecule has 0 bridgehead atoms. The Morgan fingerprint density at radius 3 is 2.96 bits per heavy atom. The second-order valence-electron chi connectivity index (χ2n) is 5.06. The molecule has 0 radical (unpaired) electrons. The van der Waals surface area contributed by atoms with E-state index in [-0.39, 0.29) is 25.0 Å². The van der Waals surface area contributed by atoms with Crippen molar-refractivity contribution in [2.45, 2.75) is 20.0 Å². The summed E-state index contributed by atoms with van der Waals surface area (Å²) in [5.74, 6) is 0.901. The summed E-state index contributed by atoms with van der Waals surface area (Å²) in [4.78, 5) is 17.4. The maximum atomic E-state index is 11.9. The van der Waals surface area contributed by atoms with Gasteiger partial charge in [0.15, 0.2) is 23.3 Å². The van der Waals surface area contributed by atoms with E-state index in [1.165, 1.54) is 0 Å². The summed E-state index contributed by atoms with van der Waals surface area (Å²) in [6.07, 6.45) is -0.452. The Morgan fingerprint density at radius 2 is 2.26 bits per heavy atom. The summed E-state index contributed by atoms with van der Waals surface area (Å²) in [5, 5.41) is 3.89. The van der Waals surface area contributed by atoms with Gasteiger partial charge in [0.25, 0.3) is 0 Å². The minimum Gasteiger partial charge on any atom is -0.492 e. The van der Waals surface area contributed by atoms with Crippen LogP contribution in [0.2, 0.25) is 0 Å². The third kappa shape index (κ3) is 2.60. The molecule has 7 nitrogen and oxygen atoms in total. The summed E-state index contributed by atoms with van der Waals surface area (Å²) < 4.78 is 21.9. The van der Waals surface area contributed by atoms with Crippen LogP contribution in [0.15, 0.2) is 15.7 Å². The summed E-state index contributed by atoms with van der Waals surface area (Å²) in [6, 6.07) is 1.81. The number of fused-ring (bicyclic) bond motifs is 1. The summed E-state index contributed by atoms with van der Waals surface area (Å²) in [5.41, 5.74) is 1.03. The summed E-state index contributed by atoms with van der Waals surface area (Å²) >= 11 is 3.51. The van der Waals surface area contributed by atoms with Gasteiger partial charge < -0.3 is 23.8 Å². The molecular formula is C15H16BrNO6. The molecule has 0 N–H and O–H groups in total. The highest BCUT2D eigenvalue weighted by Crippen LogP contribution is 2.50. The van der Waals surface area contributed by atoms with Crippen LogP contribution in [0, 0.1) is 5.92 Å². The van der Waals surface area contributed by atoms with E-state index in [4.69, 9.17) is 23.8 Å². The standard InChI is InChI=1S/C15H16BrNO6/c1-4-20-15(18)11-7(2)12(23-17-11)8-5-9-13(22-6-21-9)14(19-3)10(8)16/h5,7,12H,4,6H2,1-3H3/t7-,12-/m1/s1. The number of benzene rings is 1. The van der Waals surface area contributed by atoms with E-state index in [1.54, 1.807) is 20.1 Å². The minimum atomic E-state index is -0.466. The lowest BCUT2D eigenvalue weighted by atomic mass is 9.93. The number of hydrogen-bond donors (Lipinski definition) is 0. The zero-order valence-electron chi connectivity index (χ0n) is 12.9. The lowest BCUT2D eigenvalue weighted by Gasteiger charge is -2.18. The second kappa shape index (κ2) is 6.27. The van der Waals surface area contributed by atoms with Gasteiger partial charge in [-0.3, -0.25) is 0 Å². The number of hydrogen-bond acceptors (Lipinski definition) is 7. The van der Waals surface area contributed by atoms with E-state index < -0.39 is 12.1 Å². The monoisotopic (exact) mass is 385 g/mol. The first-order chi connectivity index (χ1) is 11.1. The van der Waals surface area contributed by atoms with E-state index in [0.29, 0.717) is 21.7 Å². The number of esters is 1. The molecule has 0 unspecified atom stereocenters. The van der Waals surface area contributed by atoms with Crippen molar-refractivity contribution < 1.29 is 28.6 Å². The van der Waals surface area contributed by atoms with E-state index in [0.717, 1.165) is 5.56 Å². The van der Waals surface area contributed by atoms with Crippen LogP contribution in [0.4, 0.5) is 0 Å². The van der Waals surface area contributed by atoms with Crippen molar-refractivity contribution in [3.05, 3.63) is 16.1 Å². The normalized spacial score (nSPS) is 21.7. The highest BCUT2D eigenvalue weighted by Gasteiger charge is 2.39. The average molecular weight is 386 g/mol. The second-order valence-corrected chi connectivity index (χ2v) is 5.85. The number of carbonyl (C=O) groups is 1. The fourth-order valence-electron chi connectivity index (χ4n) is 2.58. The van der Waals surface area contributed by atoms with Gasteiger partial charge in [0.1, 0.15) is 0 Å². The van der Waals surface area contributed by atoms with Crippen LogP contribution in [0.1, 0.15) is 25.5 Å². The minimum absolute atomic E-state index is 0.132. The molecule has 1 aromatic carbocycles. The molecule has 124 valence electrons. The number of rotatable bonds is 4. The van der Waals surface area contributed by atoms with E-state index in [9.17, 15) is 4.79 Å². The molecule has 2 aliphatic rings. The number of carbonyl (C=O) groups excluding carboxylic acids is 1. The number of halogens is 1. The Morgan fingerprint density at radius 1 is 1.48 bits per heavy atom. The van der Waals surface area contributed by atoms with Crippen molar-refractivity contribution in [1.29, 1.82) is 0 Å². The van der Waals surface area contributed by atoms with Crippen molar-refractivity contribution in [1.82, 2.24) is 0 Å². The Balaban J connectivity index is 1.94. The van der Waals surface area contributed by atoms with Gasteiger partial charge in [-0.25, -0.2) is 4.79 Å². The van der Waals surface area contributed by atoms with Gasteiger partial charge in [-0.05, 0) is 28.9 Å². The molecule has 2 atom stereocenters. The first-order valence-corrected chi connectivity index (χ1v) is 7.94. The number of ether oxygens (including phenoxy) is 4. The van der Waals surface area contributed by atoms with Crippen LogP contribution < -0.4 is 14.2 Å². The molecular weight excluding hydrogens is 370 g/mol. The number of methoxy groups -OCH3 is 1. The highest BCUT2D eigenvalue weighted by atomic mass is 79.9. The molecule has 0 fully saturated rings. The number of nitrogens with zero attached hydrogens (tertiary/aromatic N) is 1. The molecule has 0 saturated heterocycles. The Kier molecular flexibility index (Phi) is 4.34. The molecule has 0 saturated carbocycles. The number of oxime groups is 1. The lowest BCUT2D eigenvalue weighted by molar-refractivity contribution is -0.135. The smallest absolute Gasteiger partial charge is 0.356 e. The zero-order chi connectivity index (χ0) is 16.6. The van der Waals surface area contributed by atoms with E-state index in [1.807, 2.05) is 6.92 Å². The van der Waals surface area contributed by atoms with Gasteiger partial charge in [-0.2, -0.15) is 0 Å². The molecule has 2 aliphatic heterocycles. The van der Waals surface area contributed by atoms with Crippen molar-refractivity contribution in [2.24, 2.45) is 11.1 Å². The SMILES string of the molecule is CCOC(=O)C1=NO[C@@H](c2cc3c(c(OC)c2Br)OCO3)[C@@H]1C. The molecule has 1 aromatic rings. The first kappa shape index (κ1) is 15.9. The molecule has 0 aliphatic carbocycles. The topological polar surface area (TPSA) is 75.6 Å². The third-order valence-corrected chi connectivity index (χ3v) is 4.55. The van der Waals surface area contributed by atoms with Crippen molar-refractivity contribution in [3.8, 4) is 17.2 Å². The summed E-state index contributed by atoms with van der Waals surface area (Å²) in [6.45, 7) is 4.02. The van der Waals surface area contributed by atoms with Gasteiger partial charge in [0, 0.05) is 5.56 Å².